The summed E-state index contributed by atoms with van der Waals surface area (Å²) in [7, 11) is -3.50. The molecular weight excluding hydrogens is 516 g/mol. The number of ether oxygens (including phenoxy) is 1. The van der Waals surface area contributed by atoms with Gasteiger partial charge in [-0.15, -0.1) is 0 Å². The van der Waals surface area contributed by atoms with Crippen molar-refractivity contribution in [2.75, 3.05) is 30.3 Å². The van der Waals surface area contributed by atoms with Gasteiger partial charge in [-0.1, -0.05) is 44.5 Å². The Hall–Kier alpha value is -1.77. The lowest BCUT2D eigenvalue weighted by molar-refractivity contribution is -0.121. The molecule has 0 saturated heterocycles. The first kappa shape index (κ1) is 26.5. The molecule has 0 atom stereocenters. The minimum Gasteiger partial charge on any atom is -0.492 e. The summed E-state index contributed by atoms with van der Waals surface area (Å²) in [5.41, 5.74) is 1.78. The smallest absolute Gasteiger partial charge is 0.232 e. The van der Waals surface area contributed by atoms with Gasteiger partial charge in [-0.2, -0.15) is 0 Å². The number of hydrogen-bond acceptors (Lipinski definition) is 4. The van der Waals surface area contributed by atoms with Gasteiger partial charge in [0.1, 0.15) is 12.4 Å². The van der Waals surface area contributed by atoms with E-state index in [9.17, 15) is 13.2 Å². The van der Waals surface area contributed by atoms with E-state index in [-0.39, 0.29) is 24.3 Å². The number of halogens is 2. The highest BCUT2D eigenvalue weighted by molar-refractivity contribution is 9.10. The van der Waals surface area contributed by atoms with Crippen molar-refractivity contribution in [1.29, 1.82) is 0 Å². The highest BCUT2D eigenvalue weighted by Crippen LogP contribution is 2.29. The molecule has 0 aliphatic rings. The standard InChI is InChI=1S/C23H30BrClN2O4S/c1-23(2,3)17-7-10-19(11-8-17)31-15-13-26-22(28)6-5-14-27(32(4,29)30)18-9-12-20(24)21(25)16-18/h7-12,16H,5-6,13-15H2,1-4H3,(H,26,28). The van der Waals surface area contributed by atoms with E-state index in [1.807, 2.05) is 24.3 Å². The molecule has 0 fully saturated rings. The van der Waals surface area contributed by atoms with Gasteiger partial charge in [0, 0.05) is 17.4 Å². The Morgan fingerprint density at radius 2 is 1.81 bits per heavy atom. The van der Waals surface area contributed by atoms with Crippen LogP contribution in [-0.4, -0.2) is 40.3 Å². The molecule has 0 heterocycles. The zero-order valence-electron chi connectivity index (χ0n) is 18.8. The molecular formula is C23H30BrClN2O4S. The van der Waals surface area contributed by atoms with Crippen molar-refractivity contribution >= 4 is 49.1 Å². The summed E-state index contributed by atoms with van der Waals surface area (Å²) < 4.78 is 32.0. The second-order valence-electron chi connectivity index (χ2n) is 8.51. The number of sulfonamides is 1. The SMILES string of the molecule is CC(C)(C)c1ccc(OCCNC(=O)CCCN(c2ccc(Br)c(Cl)c2)S(C)(=O)=O)cc1. The van der Waals surface area contributed by atoms with Crippen LogP contribution in [0.2, 0.25) is 5.02 Å². The van der Waals surface area contributed by atoms with E-state index in [1.165, 1.54) is 9.87 Å². The van der Waals surface area contributed by atoms with E-state index in [4.69, 9.17) is 16.3 Å². The molecule has 32 heavy (non-hydrogen) atoms. The zero-order valence-corrected chi connectivity index (χ0v) is 22.0. The summed E-state index contributed by atoms with van der Waals surface area (Å²) in [6.07, 6.45) is 1.71. The fourth-order valence-electron chi connectivity index (χ4n) is 3.01. The van der Waals surface area contributed by atoms with E-state index in [0.717, 1.165) is 12.0 Å². The minimum absolute atomic E-state index is 0.0861. The van der Waals surface area contributed by atoms with Crippen molar-refractivity contribution < 1.29 is 17.9 Å². The molecule has 0 saturated carbocycles. The molecule has 0 aliphatic heterocycles. The third-order valence-electron chi connectivity index (χ3n) is 4.77. The Labute approximate surface area is 204 Å². The molecule has 0 unspecified atom stereocenters. The number of anilines is 1. The van der Waals surface area contributed by atoms with Crippen LogP contribution in [0, 0.1) is 0 Å². The molecule has 0 radical (unpaired) electrons. The third kappa shape index (κ3) is 8.30. The summed E-state index contributed by atoms with van der Waals surface area (Å²) in [5, 5.41) is 3.22. The number of nitrogens with zero attached hydrogens (tertiary/aromatic N) is 1. The van der Waals surface area contributed by atoms with Crippen LogP contribution in [0.1, 0.15) is 39.2 Å². The summed E-state index contributed by atoms with van der Waals surface area (Å²) in [6, 6.07) is 12.9. The van der Waals surface area contributed by atoms with Gasteiger partial charge in [0.15, 0.2) is 0 Å². The molecule has 2 rings (SSSR count). The number of benzene rings is 2. The molecule has 0 aromatic heterocycles. The Balaban J connectivity index is 1.76. The Morgan fingerprint density at radius 1 is 1.16 bits per heavy atom. The first-order valence-electron chi connectivity index (χ1n) is 10.3. The molecule has 2 aromatic rings. The molecule has 0 bridgehead atoms. The minimum atomic E-state index is -3.50. The van der Waals surface area contributed by atoms with Crippen molar-refractivity contribution in [2.24, 2.45) is 0 Å². The maximum atomic E-state index is 12.2. The second kappa shape index (κ2) is 11.4. The predicted molar refractivity (Wildman–Crippen MR) is 134 cm³/mol. The van der Waals surface area contributed by atoms with Crippen LogP contribution in [0.25, 0.3) is 0 Å². The lowest BCUT2D eigenvalue weighted by atomic mass is 9.87. The van der Waals surface area contributed by atoms with Crippen LogP contribution in [0.3, 0.4) is 0 Å². The number of hydrogen-bond donors (Lipinski definition) is 1. The van der Waals surface area contributed by atoms with Gasteiger partial charge < -0.3 is 10.1 Å². The van der Waals surface area contributed by atoms with Gasteiger partial charge in [0.2, 0.25) is 15.9 Å². The average molecular weight is 546 g/mol. The van der Waals surface area contributed by atoms with Gasteiger partial charge in [-0.25, -0.2) is 8.42 Å². The van der Waals surface area contributed by atoms with Gasteiger partial charge in [-0.05, 0) is 63.7 Å². The summed E-state index contributed by atoms with van der Waals surface area (Å²) in [6.45, 7) is 7.37. The fourth-order valence-corrected chi connectivity index (χ4v) is 4.39. The first-order valence-corrected chi connectivity index (χ1v) is 13.3. The highest BCUT2D eigenvalue weighted by Gasteiger charge is 2.18. The van der Waals surface area contributed by atoms with Gasteiger partial charge >= 0.3 is 0 Å². The van der Waals surface area contributed by atoms with Gasteiger partial charge in [-0.3, -0.25) is 9.10 Å². The maximum Gasteiger partial charge on any atom is 0.232 e. The van der Waals surface area contributed by atoms with E-state index in [0.29, 0.717) is 34.8 Å². The average Bonchev–Trinajstić information content (AvgIpc) is 2.69. The number of rotatable bonds is 10. The van der Waals surface area contributed by atoms with Crippen molar-refractivity contribution in [3.05, 3.63) is 57.5 Å². The largest absolute Gasteiger partial charge is 0.492 e. The molecule has 1 N–H and O–H groups in total. The summed E-state index contributed by atoms with van der Waals surface area (Å²) in [5.74, 6) is 0.600. The monoisotopic (exact) mass is 544 g/mol. The Morgan fingerprint density at radius 3 is 2.38 bits per heavy atom. The van der Waals surface area contributed by atoms with E-state index >= 15 is 0 Å². The summed E-state index contributed by atoms with van der Waals surface area (Å²) >= 11 is 9.38. The molecule has 2 aromatic carbocycles. The predicted octanol–water partition coefficient (Wildman–Crippen LogP) is 5.14. The molecule has 176 valence electrons. The molecule has 0 aliphatic carbocycles. The first-order chi connectivity index (χ1) is 14.9. The third-order valence-corrected chi connectivity index (χ3v) is 7.20. The van der Waals surface area contributed by atoms with Crippen LogP contribution in [-0.2, 0) is 20.2 Å². The zero-order chi connectivity index (χ0) is 23.9. The topological polar surface area (TPSA) is 75.7 Å². The fraction of sp³-hybridized carbons (Fsp3) is 0.435. The molecule has 1 amide bonds. The van der Waals surface area contributed by atoms with Gasteiger partial charge in [0.25, 0.3) is 0 Å². The van der Waals surface area contributed by atoms with Crippen LogP contribution < -0.4 is 14.4 Å². The van der Waals surface area contributed by atoms with E-state index in [2.05, 4.69) is 42.0 Å². The van der Waals surface area contributed by atoms with Crippen molar-refractivity contribution in [3.8, 4) is 5.75 Å². The van der Waals surface area contributed by atoms with Crippen LogP contribution in [0.15, 0.2) is 46.9 Å². The lowest BCUT2D eigenvalue weighted by Gasteiger charge is -2.22. The second-order valence-corrected chi connectivity index (χ2v) is 11.7. The number of carbonyl (C=O) groups excluding carboxylic acids is 1. The number of carbonyl (C=O) groups is 1. The number of amides is 1. The van der Waals surface area contributed by atoms with Crippen molar-refractivity contribution in [2.45, 2.75) is 39.0 Å². The quantitative estimate of drug-likeness (QED) is 0.420. The van der Waals surface area contributed by atoms with Crippen molar-refractivity contribution in [3.63, 3.8) is 0 Å². The van der Waals surface area contributed by atoms with E-state index in [1.54, 1.807) is 18.2 Å². The van der Waals surface area contributed by atoms with Crippen LogP contribution >= 0.6 is 27.5 Å². The normalized spacial score (nSPS) is 11.8. The highest BCUT2D eigenvalue weighted by atomic mass is 79.9. The van der Waals surface area contributed by atoms with Crippen LogP contribution in [0.5, 0.6) is 5.75 Å². The van der Waals surface area contributed by atoms with Crippen LogP contribution in [0.4, 0.5) is 5.69 Å². The van der Waals surface area contributed by atoms with Crippen molar-refractivity contribution in [1.82, 2.24) is 5.32 Å². The molecule has 9 heteroatoms. The summed E-state index contributed by atoms with van der Waals surface area (Å²) in [4.78, 5) is 12.1. The van der Waals surface area contributed by atoms with E-state index < -0.39 is 10.0 Å². The molecule has 6 nitrogen and oxygen atoms in total. The van der Waals surface area contributed by atoms with Gasteiger partial charge in [0.05, 0.1) is 23.5 Å². The lowest BCUT2D eigenvalue weighted by Crippen LogP contribution is -2.32. The Bertz CT molecular complexity index is 1020. The molecule has 0 spiro atoms. The number of nitrogens with one attached hydrogen (secondary N) is 1. The Kier molecular flexibility index (Phi) is 9.42. The maximum absolute atomic E-state index is 12.2.